The van der Waals surface area contributed by atoms with Crippen molar-refractivity contribution in [1.29, 1.82) is 0 Å². The van der Waals surface area contributed by atoms with Gasteiger partial charge in [-0.15, -0.1) is 0 Å². The highest BCUT2D eigenvalue weighted by Gasteiger charge is 2.26. The van der Waals surface area contributed by atoms with E-state index in [0.717, 1.165) is 43.1 Å². The van der Waals surface area contributed by atoms with Crippen LogP contribution in [-0.4, -0.2) is 39.7 Å². The molecule has 0 aliphatic carbocycles. The predicted octanol–water partition coefficient (Wildman–Crippen LogP) is 1.63. The van der Waals surface area contributed by atoms with Crippen molar-refractivity contribution in [3.63, 3.8) is 0 Å². The fraction of sp³-hybridized carbons (Fsp3) is 0.500. The molecule has 2 aromatic rings. The summed E-state index contributed by atoms with van der Waals surface area (Å²) in [5.41, 5.74) is 2.81. The Morgan fingerprint density at radius 2 is 2.32 bits per heavy atom. The maximum atomic E-state index is 12.2. The summed E-state index contributed by atoms with van der Waals surface area (Å²) in [6.07, 6.45) is 2.85. The molecule has 6 nitrogen and oxygen atoms in total. The Bertz CT molecular complexity index is 654. The van der Waals surface area contributed by atoms with Gasteiger partial charge < -0.3 is 14.4 Å². The second kappa shape index (κ2) is 5.96. The molecule has 6 heteroatoms. The van der Waals surface area contributed by atoms with Gasteiger partial charge in [0.1, 0.15) is 11.5 Å². The van der Waals surface area contributed by atoms with E-state index in [9.17, 15) is 4.79 Å². The van der Waals surface area contributed by atoms with Crippen LogP contribution in [0.2, 0.25) is 0 Å². The fourth-order valence-corrected chi connectivity index (χ4v) is 3.00. The minimum absolute atomic E-state index is 0.00307. The van der Waals surface area contributed by atoms with Gasteiger partial charge in [0, 0.05) is 44.5 Å². The van der Waals surface area contributed by atoms with Gasteiger partial charge in [-0.05, 0) is 32.4 Å². The lowest BCUT2D eigenvalue weighted by Crippen LogP contribution is -2.37. The summed E-state index contributed by atoms with van der Waals surface area (Å²) < 4.78 is 7.05. The third-order valence-corrected chi connectivity index (χ3v) is 4.35. The lowest BCUT2D eigenvalue weighted by molar-refractivity contribution is 0.0929. The summed E-state index contributed by atoms with van der Waals surface area (Å²) in [6.45, 7) is 6.58. The van der Waals surface area contributed by atoms with Crippen molar-refractivity contribution >= 4 is 5.91 Å². The van der Waals surface area contributed by atoms with E-state index in [1.54, 1.807) is 0 Å². The highest BCUT2D eigenvalue weighted by molar-refractivity contribution is 5.92. The lowest BCUT2D eigenvalue weighted by atomic mass is 10.2. The van der Waals surface area contributed by atoms with Crippen molar-refractivity contribution < 1.29 is 9.32 Å². The normalized spacial score (nSPS) is 18.8. The molecule has 1 N–H and O–H groups in total. The molecule has 118 valence electrons. The first-order chi connectivity index (χ1) is 10.5. The molecule has 1 saturated heterocycles. The molecule has 1 atom stereocenters. The Balaban J connectivity index is 1.57. The number of aromatic nitrogens is 2. The molecule has 1 aliphatic rings. The Morgan fingerprint density at radius 1 is 1.50 bits per heavy atom. The van der Waals surface area contributed by atoms with Crippen molar-refractivity contribution in [3.05, 3.63) is 41.0 Å². The molecular formula is C16H22N4O2. The number of carbonyl (C=O) groups is 1. The second-order valence-electron chi connectivity index (χ2n) is 6.00. The van der Waals surface area contributed by atoms with Gasteiger partial charge in [-0.3, -0.25) is 9.69 Å². The smallest absolute Gasteiger partial charge is 0.268 e. The van der Waals surface area contributed by atoms with Crippen LogP contribution in [0.25, 0.3) is 0 Å². The molecule has 0 spiro atoms. The minimum atomic E-state index is -0.00307. The number of nitrogens with one attached hydrogen (secondary N) is 1. The van der Waals surface area contributed by atoms with Gasteiger partial charge in [0.15, 0.2) is 0 Å². The van der Waals surface area contributed by atoms with E-state index < -0.39 is 0 Å². The molecule has 0 aromatic carbocycles. The summed E-state index contributed by atoms with van der Waals surface area (Å²) in [6, 6.07) is 3.92. The van der Waals surface area contributed by atoms with Crippen LogP contribution in [-0.2, 0) is 13.6 Å². The van der Waals surface area contributed by atoms with Crippen LogP contribution >= 0.6 is 0 Å². The van der Waals surface area contributed by atoms with Crippen molar-refractivity contribution in [1.82, 2.24) is 19.9 Å². The van der Waals surface area contributed by atoms with Crippen molar-refractivity contribution in [3.8, 4) is 0 Å². The standard InChI is InChI=1S/C16H22N4O2/c1-11-14(12(2)22-18-11)10-20-8-6-13(9-20)17-16(21)15-5-4-7-19(15)3/h4-5,7,13H,6,8-10H2,1-3H3,(H,17,21). The predicted molar refractivity (Wildman–Crippen MR) is 82.5 cm³/mol. The largest absolute Gasteiger partial charge is 0.361 e. The van der Waals surface area contributed by atoms with E-state index in [1.807, 2.05) is 43.8 Å². The molecule has 0 bridgehead atoms. The van der Waals surface area contributed by atoms with Crippen LogP contribution in [0.15, 0.2) is 22.9 Å². The molecule has 1 unspecified atom stereocenters. The molecule has 3 rings (SSSR count). The maximum Gasteiger partial charge on any atom is 0.268 e. The number of carbonyl (C=O) groups excluding carboxylic acids is 1. The zero-order valence-electron chi connectivity index (χ0n) is 13.3. The van der Waals surface area contributed by atoms with Crippen LogP contribution in [0.4, 0.5) is 0 Å². The zero-order chi connectivity index (χ0) is 15.7. The monoisotopic (exact) mass is 302 g/mol. The average Bonchev–Trinajstić information content (AvgIpc) is 3.17. The lowest BCUT2D eigenvalue weighted by Gasteiger charge is -2.16. The Morgan fingerprint density at radius 3 is 2.95 bits per heavy atom. The van der Waals surface area contributed by atoms with Gasteiger partial charge in [-0.25, -0.2) is 0 Å². The number of amides is 1. The van der Waals surface area contributed by atoms with Crippen LogP contribution < -0.4 is 5.32 Å². The summed E-state index contributed by atoms with van der Waals surface area (Å²) in [7, 11) is 1.88. The Kier molecular flexibility index (Phi) is 4.02. The molecule has 0 radical (unpaired) electrons. The first-order valence-electron chi connectivity index (χ1n) is 7.61. The number of hydrogen-bond donors (Lipinski definition) is 1. The molecule has 22 heavy (non-hydrogen) atoms. The quantitative estimate of drug-likeness (QED) is 0.932. The van der Waals surface area contributed by atoms with Gasteiger partial charge in [0.2, 0.25) is 0 Å². The fourth-order valence-electron chi connectivity index (χ4n) is 3.00. The Labute approximate surface area is 130 Å². The van der Waals surface area contributed by atoms with Crippen molar-refractivity contribution in [2.24, 2.45) is 7.05 Å². The van der Waals surface area contributed by atoms with E-state index in [4.69, 9.17) is 4.52 Å². The zero-order valence-corrected chi connectivity index (χ0v) is 13.3. The van der Waals surface area contributed by atoms with E-state index in [-0.39, 0.29) is 11.9 Å². The third-order valence-electron chi connectivity index (χ3n) is 4.35. The van der Waals surface area contributed by atoms with Gasteiger partial charge in [-0.1, -0.05) is 5.16 Å². The van der Waals surface area contributed by atoms with E-state index in [2.05, 4.69) is 15.4 Å². The highest BCUT2D eigenvalue weighted by Crippen LogP contribution is 2.19. The van der Waals surface area contributed by atoms with Crippen molar-refractivity contribution in [2.75, 3.05) is 13.1 Å². The Hall–Kier alpha value is -2.08. The molecule has 2 aromatic heterocycles. The van der Waals surface area contributed by atoms with Gasteiger partial charge in [-0.2, -0.15) is 0 Å². The van der Waals surface area contributed by atoms with E-state index in [0.29, 0.717) is 5.69 Å². The third kappa shape index (κ3) is 2.92. The topological polar surface area (TPSA) is 63.3 Å². The number of hydrogen-bond acceptors (Lipinski definition) is 4. The molecular weight excluding hydrogens is 280 g/mol. The molecule has 1 fully saturated rings. The van der Waals surface area contributed by atoms with E-state index in [1.165, 1.54) is 0 Å². The minimum Gasteiger partial charge on any atom is -0.361 e. The van der Waals surface area contributed by atoms with Crippen LogP contribution in [0.5, 0.6) is 0 Å². The van der Waals surface area contributed by atoms with Gasteiger partial charge >= 0.3 is 0 Å². The summed E-state index contributed by atoms with van der Waals surface area (Å²) in [5, 5.41) is 7.12. The van der Waals surface area contributed by atoms with Gasteiger partial charge in [0.05, 0.1) is 5.69 Å². The molecule has 1 aliphatic heterocycles. The maximum absolute atomic E-state index is 12.2. The highest BCUT2D eigenvalue weighted by atomic mass is 16.5. The summed E-state index contributed by atoms with van der Waals surface area (Å²) in [5.74, 6) is 0.880. The van der Waals surface area contributed by atoms with E-state index >= 15 is 0 Å². The van der Waals surface area contributed by atoms with Crippen LogP contribution in [0.1, 0.15) is 33.9 Å². The number of nitrogens with zero attached hydrogens (tertiary/aromatic N) is 3. The molecule has 3 heterocycles. The van der Waals surface area contributed by atoms with Crippen molar-refractivity contribution in [2.45, 2.75) is 32.9 Å². The number of rotatable bonds is 4. The number of aryl methyl sites for hydroxylation is 3. The summed E-state index contributed by atoms with van der Waals surface area (Å²) in [4.78, 5) is 14.6. The second-order valence-corrected chi connectivity index (χ2v) is 6.00. The average molecular weight is 302 g/mol. The van der Waals surface area contributed by atoms with Crippen LogP contribution in [0.3, 0.4) is 0 Å². The SMILES string of the molecule is Cc1noc(C)c1CN1CCC(NC(=O)c2cccn2C)C1. The molecule has 0 saturated carbocycles. The first kappa shape index (κ1) is 14.8. The summed E-state index contributed by atoms with van der Waals surface area (Å²) >= 11 is 0. The molecule has 1 amide bonds. The van der Waals surface area contributed by atoms with Gasteiger partial charge in [0.25, 0.3) is 5.91 Å². The van der Waals surface area contributed by atoms with Crippen LogP contribution in [0, 0.1) is 13.8 Å². The first-order valence-corrected chi connectivity index (χ1v) is 7.61. The number of likely N-dealkylation sites (tertiary alicyclic amines) is 1.